The van der Waals surface area contributed by atoms with Crippen molar-refractivity contribution in [3.63, 3.8) is 0 Å². The zero-order valence-corrected chi connectivity index (χ0v) is 10.6. The van der Waals surface area contributed by atoms with Gasteiger partial charge >= 0.3 is 6.18 Å². The Bertz CT molecular complexity index is 419. The lowest BCUT2D eigenvalue weighted by atomic mass is 10.2. The average Bonchev–Trinajstić information content (AvgIpc) is 2.34. The molecule has 0 aromatic heterocycles. The number of anilines is 1. The maximum absolute atomic E-state index is 12.5. The molecule has 0 saturated heterocycles. The van der Waals surface area contributed by atoms with Gasteiger partial charge in [-0.05, 0) is 31.0 Å². The van der Waals surface area contributed by atoms with E-state index in [0.29, 0.717) is 13.0 Å². The third-order valence-electron chi connectivity index (χ3n) is 2.48. The Balaban J connectivity index is 2.50. The summed E-state index contributed by atoms with van der Waals surface area (Å²) in [5, 5.41) is 2.45. The lowest BCUT2D eigenvalue weighted by Gasteiger charge is -2.09. The average molecular weight is 275 g/mol. The molecular formula is C13H16F3NO2. The first-order valence-corrected chi connectivity index (χ1v) is 5.89. The highest BCUT2D eigenvalue weighted by molar-refractivity contribution is 5.90. The zero-order valence-electron chi connectivity index (χ0n) is 10.6. The van der Waals surface area contributed by atoms with Gasteiger partial charge in [0.2, 0.25) is 5.91 Å². The first kappa shape index (κ1) is 15.5. The van der Waals surface area contributed by atoms with Gasteiger partial charge in [-0.2, -0.15) is 13.2 Å². The van der Waals surface area contributed by atoms with E-state index in [0.717, 1.165) is 18.6 Å². The second-order valence-corrected chi connectivity index (χ2v) is 4.08. The van der Waals surface area contributed by atoms with Crippen molar-refractivity contribution in [2.24, 2.45) is 0 Å². The van der Waals surface area contributed by atoms with Gasteiger partial charge in [0.05, 0.1) is 5.56 Å². The van der Waals surface area contributed by atoms with Gasteiger partial charge in [0.15, 0.2) is 0 Å². The number of amides is 1. The first-order valence-electron chi connectivity index (χ1n) is 5.89. The number of nitrogens with one attached hydrogen (secondary N) is 1. The molecule has 1 aromatic rings. The lowest BCUT2D eigenvalue weighted by molar-refractivity contribution is -0.137. The smallest absolute Gasteiger partial charge is 0.385 e. The Morgan fingerprint density at radius 3 is 2.68 bits per heavy atom. The minimum atomic E-state index is -4.40. The minimum absolute atomic E-state index is 0.159. The summed E-state index contributed by atoms with van der Waals surface area (Å²) in [6, 6.07) is 4.59. The van der Waals surface area contributed by atoms with Crippen LogP contribution in [0.25, 0.3) is 0 Å². The fraction of sp³-hybridized carbons (Fsp3) is 0.462. The Kier molecular flexibility index (Phi) is 5.82. The van der Waals surface area contributed by atoms with Crippen LogP contribution in [0.4, 0.5) is 18.9 Å². The fourth-order valence-electron chi connectivity index (χ4n) is 1.53. The molecule has 0 spiro atoms. The molecule has 0 radical (unpaired) electrons. The van der Waals surface area contributed by atoms with Crippen LogP contribution in [0, 0.1) is 0 Å². The van der Waals surface area contributed by atoms with E-state index in [2.05, 4.69) is 5.32 Å². The normalized spacial score (nSPS) is 11.4. The molecule has 0 bridgehead atoms. The first-order chi connectivity index (χ1) is 8.93. The summed E-state index contributed by atoms with van der Waals surface area (Å²) in [4.78, 5) is 11.5. The number of hydrogen-bond donors (Lipinski definition) is 1. The number of carbonyl (C=O) groups is 1. The number of ether oxygens (including phenoxy) is 1. The van der Waals surface area contributed by atoms with E-state index in [1.807, 2.05) is 0 Å². The van der Waals surface area contributed by atoms with Crippen molar-refractivity contribution in [3.05, 3.63) is 29.8 Å². The SMILES string of the molecule is COCCCCC(=O)Nc1cccc(C(F)(F)F)c1. The molecule has 6 heteroatoms. The molecule has 0 heterocycles. The number of methoxy groups -OCH3 is 1. The summed E-state index contributed by atoms with van der Waals surface area (Å²) < 4.78 is 42.2. The third-order valence-corrected chi connectivity index (χ3v) is 2.48. The molecule has 1 N–H and O–H groups in total. The standard InChI is InChI=1S/C13H16F3NO2/c1-19-8-3-2-7-12(18)17-11-6-4-5-10(9-11)13(14,15)16/h4-6,9H,2-3,7-8H2,1H3,(H,17,18). The van der Waals surface area contributed by atoms with Crippen molar-refractivity contribution in [3.8, 4) is 0 Å². The molecular weight excluding hydrogens is 259 g/mol. The summed E-state index contributed by atoms with van der Waals surface area (Å²) in [6.07, 6.45) is -2.76. The van der Waals surface area contributed by atoms with Crippen LogP contribution < -0.4 is 5.32 Å². The molecule has 1 rings (SSSR count). The number of alkyl halides is 3. The van der Waals surface area contributed by atoms with Crippen LogP contribution in [0.5, 0.6) is 0 Å². The van der Waals surface area contributed by atoms with E-state index in [1.54, 1.807) is 7.11 Å². The predicted octanol–water partition coefficient (Wildman–Crippen LogP) is 3.46. The summed E-state index contributed by atoms with van der Waals surface area (Å²) >= 11 is 0. The molecule has 1 aromatic carbocycles. The van der Waals surface area contributed by atoms with E-state index < -0.39 is 11.7 Å². The summed E-state index contributed by atoms with van der Waals surface area (Å²) in [5.41, 5.74) is -0.615. The number of carbonyl (C=O) groups excluding carboxylic acids is 1. The van der Waals surface area contributed by atoms with E-state index in [9.17, 15) is 18.0 Å². The molecule has 1 amide bonds. The van der Waals surface area contributed by atoms with E-state index in [4.69, 9.17) is 4.74 Å². The fourth-order valence-corrected chi connectivity index (χ4v) is 1.53. The van der Waals surface area contributed by atoms with Gasteiger partial charge in [-0.1, -0.05) is 6.07 Å². The van der Waals surface area contributed by atoms with Crippen LogP contribution >= 0.6 is 0 Å². The van der Waals surface area contributed by atoms with Crippen molar-refractivity contribution >= 4 is 11.6 Å². The van der Waals surface area contributed by atoms with Crippen LogP contribution in [0.3, 0.4) is 0 Å². The summed E-state index contributed by atoms with van der Waals surface area (Å²) in [7, 11) is 1.57. The molecule has 0 unspecified atom stereocenters. The summed E-state index contributed by atoms with van der Waals surface area (Å²) in [5.74, 6) is -0.296. The minimum Gasteiger partial charge on any atom is -0.385 e. The monoisotopic (exact) mass is 275 g/mol. The maximum atomic E-state index is 12.5. The Morgan fingerprint density at radius 1 is 1.32 bits per heavy atom. The van der Waals surface area contributed by atoms with E-state index >= 15 is 0 Å². The highest BCUT2D eigenvalue weighted by Crippen LogP contribution is 2.30. The molecule has 0 atom stereocenters. The van der Waals surface area contributed by atoms with Crippen LogP contribution in [-0.2, 0) is 15.7 Å². The van der Waals surface area contributed by atoms with Gasteiger partial charge in [-0.15, -0.1) is 0 Å². The van der Waals surface area contributed by atoms with Crippen LogP contribution in [0.2, 0.25) is 0 Å². The van der Waals surface area contributed by atoms with Crippen molar-refractivity contribution in [2.75, 3.05) is 19.0 Å². The van der Waals surface area contributed by atoms with Crippen LogP contribution in [-0.4, -0.2) is 19.6 Å². The second-order valence-electron chi connectivity index (χ2n) is 4.08. The Hall–Kier alpha value is -1.56. The zero-order chi connectivity index (χ0) is 14.3. The van der Waals surface area contributed by atoms with Gasteiger partial charge in [0.25, 0.3) is 0 Å². The molecule has 19 heavy (non-hydrogen) atoms. The quantitative estimate of drug-likeness (QED) is 0.807. The second kappa shape index (κ2) is 7.13. The van der Waals surface area contributed by atoms with Gasteiger partial charge in [-0.3, -0.25) is 4.79 Å². The molecule has 3 nitrogen and oxygen atoms in total. The highest BCUT2D eigenvalue weighted by Gasteiger charge is 2.30. The Morgan fingerprint density at radius 2 is 2.05 bits per heavy atom. The maximum Gasteiger partial charge on any atom is 0.416 e. The number of hydrogen-bond acceptors (Lipinski definition) is 2. The molecule has 0 aliphatic rings. The topological polar surface area (TPSA) is 38.3 Å². The molecule has 0 fully saturated rings. The molecule has 0 saturated carbocycles. The largest absolute Gasteiger partial charge is 0.416 e. The number of benzene rings is 1. The highest BCUT2D eigenvalue weighted by atomic mass is 19.4. The van der Waals surface area contributed by atoms with Gasteiger partial charge in [-0.25, -0.2) is 0 Å². The van der Waals surface area contributed by atoms with Gasteiger partial charge in [0.1, 0.15) is 0 Å². The number of rotatable bonds is 6. The molecule has 0 aliphatic heterocycles. The van der Waals surface area contributed by atoms with E-state index in [1.165, 1.54) is 12.1 Å². The van der Waals surface area contributed by atoms with Crippen molar-refractivity contribution in [2.45, 2.75) is 25.4 Å². The predicted molar refractivity (Wildman–Crippen MR) is 65.8 cm³/mol. The lowest BCUT2D eigenvalue weighted by Crippen LogP contribution is -2.12. The van der Waals surface area contributed by atoms with E-state index in [-0.39, 0.29) is 18.0 Å². The van der Waals surface area contributed by atoms with Gasteiger partial charge in [0, 0.05) is 25.8 Å². The van der Waals surface area contributed by atoms with Crippen molar-refractivity contribution in [1.29, 1.82) is 0 Å². The van der Waals surface area contributed by atoms with Gasteiger partial charge < -0.3 is 10.1 Å². The van der Waals surface area contributed by atoms with Crippen molar-refractivity contribution in [1.82, 2.24) is 0 Å². The Labute approximate surface area is 109 Å². The van der Waals surface area contributed by atoms with Crippen LogP contribution in [0.15, 0.2) is 24.3 Å². The molecule has 106 valence electrons. The third kappa shape index (κ3) is 5.74. The number of unbranched alkanes of at least 4 members (excludes halogenated alkanes) is 1. The van der Waals surface area contributed by atoms with Crippen molar-refractivity contribution < 1.29 is 22.7 Å². The van der Waals surface area contributed by atoms with Crippen LogP contribution in [0.1, 0.15) is 24.8 Å². The summed E-state index contributed by atoms with van der Waals surface area (Å²) in [6.45, 7) is 0.566. The molecule has 0 aliphatic carbocycles. The number of halogens is 3.